The van der Waals surface area contributed by atoms with Crippen LogP contribution in [0.15, 0.2) is 59.6 Å². The van der Waals surface area contributed by atoms with Crippen molar-refractivity contribution in [3.63, 3.8) is 0 Å². The van der Waals surface area contributed by atoms with Gasteiger partial charge in [-0.15, -0.1) is 0 Å². The number of pyridine rings is 1. The number of methoxy groups -OCH3 is 1. The Hall–Kier alpha value is -3.10. The van der Waals surface area contributed by atoms with E-state index in [4.69, 9.17) is 4.74 Å². The first-order valence-corrected chi connectivity index (χ1v) is 12.6. The Bertz CT molecular complexity index is 1200. The first-order chi connectivity index (χ1) is 16.7. The molecule has 0 radical (unpaired) electrons. The van der Waals surface area contributed by atoms with E-state index in [0.717, 1.165) is 28.8 Å². The predicted octanol–water partition coefficient (Wildman–Crippen LogP) is 4.85. The van der Waals surface area contributed by atoms with E-state index in [0.29, 0.717) is 22.8 Å². The molecule has 8 heteroatoms. The number of benzene rings is 2. The highest BCUT2D eigenvalue weighted by Gasteiger charge is 2.18. The number of carbonyl (C=O) groups excluding carboxylic acids is 1. The van der Waals surface area contributed by atoms with E-state index in [1.807, 2.05) is 45.0 Å². The van der Waals surface area contributed by atoms with Crippen LogP contribution in [-0.4, -0.2) is 41.2 Å². The fourth-order valence-electron chi connectivity index (χ4n) is 3.93. The van der Waals surface area contributed by atoms with Crippen molar-refractivity contribution in [1.82, 2.24) is 14.6 Å². The van der Waals surface area contributed by atoms with Gasteiger partial charge in [-0.2, -0.15) is 0 Å². The predicted molar refractivity (Wildman–Crippen MR) is 137 cm³/mol. The van der Waals surface area contributed by atoms with Crippen LogP contribution in [0.5, 0.6) is 5.88 Å². The lowest BCUT2D eigenvalue weighted by molar-refractivity contribution is -0.119. The van der Waals surface area contributed by atoms with Crippen molar-refractivity contribution >= 4 is 16.9 Å². The van der Waals surface area contributed by atoms with Gasteiger partial charge in [0.1, 0.15) is 5.82 Å². The largest absolute Gasteiger partial charge is 0.481 e. The number of hydrogen-bond donors (Lipinski definition) is 1. The van der Waals surface area contributed by atoms with Gasteiger partial charge in [-0.1, -0.05) is 26.0 Å². The van der Waals surface area contributed by atoms with E-state index in [2.05, 4.69) is 9.71 Å². The van der Waals surface area contributed by atoms with Crippen molar-refractivity contribution in [3.8, 4) is 17.0 Å². The highest BCUT2D eigenvalue weighted by atomic mass is 32.2. The van der Waals surface area contributed by atoms with Gasteiger partial charge in [0.05, 0.1) is 12.0 Å². The highest BCUT2D eigenvalue weighted by molar-refractivity contribution is 7.83. The zero-order valence-corrected chi connectivity index (χ0v) is 21.6. The Kier molecular flexibility index (Phi) is 9.12. The minimum Gasteiger partial charge on any atom is -0.481 e. The van der Waals surface area contributed by atoms with Crippen molar-refractivity contribution in [3.05, 3.63) is 77.2 Å². The van der Waals surface area contributed by atoms with Crippen molar-refractivity contribution in [2.45, 2.75) is 44.0 Å². The van der Waals surface area contributed by atoms with E-state index < -0.39 is 11.0 Å². The van der Waals surface area contributed by atoms with E-state index in [1.165, 1.54) is 19.2 Å². The summed E-state index contributed by atoms with van der Waals surface area (Å²) in [6.07, 6.45) is 2.10. The van der Waals surface area contributed by atoms with Gasteiger partial charge in [-0.3, -0.25) is 9.52 Å². The molecule has 1 heterocycles. The maximum Gasteiger partial charge on any atom is 0.232 e. The lowest BCUT2D eigenvalue weighted by atomic mass is 9.87. The van der Waals surface area contributed by atoms with Crippen LogP contribution in [0.1, 0.15) is 42.9 Å². The maximum atomic E-state index is 14.5. The third-order valence-corrected chi connectivity index (χ3v) is 6.68. The van der Waals surface area contributed by atoms with Crippen molar-refractivity contribution in [2.24, 2.45) is 0 Å². The van der Waals surface area contributed by atoms with Crippen LogP contribution in [0.25, 0.3) is 11.1 Å². The van der Waals surface area contributed by atoms with E-state index in [1.54, 1.807) is 30.5 Å². The Morgan fingerprint density at radius 2 is 1.86 bits per heavy atom. The minimum absolute atomic E-state index is 0.0565. The second-order valence-electron chi connectivity index (χ2n) is 8.94. The van der Waals surface area contributed by atoms with Gasteiger partial charge in [0.2, 0.25) is 11.8 Å². The van der Waals surface area contributed by atoms with E-state index in [-0.39, 0.29) is 24.1 Å². The zero-order chi connectivity index (χ0) is 25.5. The Morgan fingerprint density at radius 1 is 1.14 bits per heavy atom. The first kappa shape index (κ1) is 26.5. The third kappa shape index (κ3) is 7.19. The molecule has 1 N–H and O–H groups in total. The molecular formula is C27H32FN3O3S. The second kappa shape index (κ2) is 12.0. The summed E-state index contributed by atoms with van der Waals surface area (Å²) in [7, 11) is 3.83. The number of hydrogen-bond acceptors (Lipinski definition) is 5. The molecule has 186 valence electrons. The molecule has 3 rings (SSSR count). The number of halogens is 1. The van der Waals surface area contributed by atoms with Gasteiger partial charge in [-0.25, -0.2) is 13.6 Å². The molecule has 0 aliphatic carbocycles. The van der Waals surface area contributed by atoms with Gasteiger partial charge < -0.3 is 9.64 Å². The quantitative estimate of drug-likeness (QED) is 0.434. The van der Waals surface area contributed by atoms with Crippen LogP contribution >= 0.6 is 0 Å². The fraction of sp³-hybridized carbons (Fsp3) is 0.333. The standard InChI is InChI=1S/C27H32FN3O3S/c1-18(2)24-15-21(28)16-25(20-12-13-29-27(14-20)34-5)23(24)10-11-26(32)30-35(33)22-8-6-19(7-9-22)17-31(3)4/h6-9,12-16,18H,10-11,17H2,1-5H3,(H,30,32). The number of carbonyl (C=O) groups is 1. The smallest absolute Gasteiger partial charge is 0.232 e. The topological polar surface area (TPSA) is 71.5 Å². The first-order valence-electron chi connectivity index (χ1n) is 11.5. The molecule has 0 aliphatic rings. The lowest BCUT2D eigenvalue weighted by Gasteiger charge is -2.18. The summed E-state index contributed by atoms with van der Waals surface area (Å²) >= 11 is 0. The Morgan fingerprint density at radius 3 is 2.49 bits per heavy atom. The summed E-state index contributed by atoms with van der Waals surface area (Å²) in [6.45, 7) is 4.76. The van der Waals surface area contributed by atoms with Crippen molar-refractivity contribution in [1.29, 1.82) is 0 Å². The Labute approximate surface area is 209 Å². The molecule has 0 spiro atoms. The molecule has 0 saturated heterocycles. The molecule has 1 amide bonds. The van der Waals surface area contributed by atoms with Gasteiger partial charge >= 0.3 is 0 Å². The number of ether oxygens (including phenoxy) is 1. The minimum atomic E-state index is -1.65. The molecule has 0 fully saturated rings. The average Bonchev–Trinajstić information content (AvgIpc) is 2.82. The fourth-order valence-corrected chi connectivity index (χ4v) is 4.74. The summed E-state index contributed by atoms with van der Waals surface area (Å²) in [5.41, 5.74) is 4.26. The zero-order valence-electron chi connectivity index (χ0n) is 20.8. The van der Waals surface area contributed by atoms with Crippen LogP contribution in [0.2, 0.25) is 0 Å². The summed E-state index contributed by atoms with van der Waals surface area (Å²) in [4.78, 5) is 19.4. The number of nitrogens with zero attached hydrogens (tertiary/aromatic N) is 2. The molecular weight excluding hydrogens is 465 g/mol. The highest BCUT2D eigenvalue weighted by Crippen LogP contribution is 2.33. The van der Waals surface area contributed by atoms with Gasteiger partial charge in [-0.05, 0) is 84.6 Å². The van der Waals surface area contributed by atoms with Gasteiger partial charge in [0.15, 0.2) is 11.0 Å². The summed E-state index contributed by atoms with van der Waals surface area (Å²) in [6, 6.07) is 13.9. The molecule has 1 aromatic heterocycles. The van der Waals surface area contributed by atoms with Gasteiger partial charge in [0.25, 0.3) is 0 Å². The molecule has 0 aliphatic heterocycles. The van der Waals surface area contributed by atoms with Crippen molar-refractivity contribution < 1.29 is 18.1 Å². The maximum absolute atomic E-state index is 14.5. The molecule has 0 saturated carbocycles. The molecule has 6 nitrogen and oxygen atoms in total. The molecule has 3 aromatic rings. The average molecular weight is 498 g/mol. The van der Waals surface area contributed by atoms with Gasteiger partial charge in [0, 0.05) is 25.2 Å². The van der Waals surface area contributed by atoms with Crippen LogP contribution in [0.3, 0.4) is 0 Å². The number of amides is 1. The molecule has 35 heavy (non-hydrogen) atoms. The van der Waals surface area contributed by atoms with Crippen molar-refractivity contribution in [2.75, 3.05) is 21.2 Å². The monoisotopic (exact) mass is 497 g/mol. The molecule has 0 bridgehead atoms. The van der Waals surface area contributed by atoms with Crippen LogP contribution in [-0.2, 0) is 28.7 Å². The van der Waals surface area contributed by atoms with Crippen LogP contribution in [0, 0.1) is 5.82 Å². The summed E-state index contributed by atoms with van der Waals surface area (Å²) < 4.78 is 35.0. The summed E-state index contributed by atoms with van der Waals surface area (Å²) in [5.74, 6) is -0.195. The SMILES string of the molecule is COc1cc(-c2cc(F)cc(C(C)C)c2CCC(=O)NS(=O)c2ccc(CN(C)C)cc2)ccn1. The lowest BCUT2D eigenvalue weighted by Crippen LogP contribution is -2.26. The third-order valence-electron chi connectivity index (χ3n) is 5.57. The molecule has 1 atom stereocenters. The van der Waals surface area contributed by atoms with Crippen LogP contribution in [0.4, 0.5) is 4.39 Å². The van der Waals surface area contributed by atoms with Crippen LogP contribution < -0.4 is 9.46 Å². The normalized spacial score (nSPS) is 12.1. The number of rotatable bonds is 10. The summed E-state index contributed by atoms with van der Waals surface area (Å²) in [5, 5.41) is 0. The molecule has 2 aromatic carbocycles. The molecule has 1 unspecified atom stereocenters. The number of aromatic nitrogens is 1. The van der Waals surface area contributed by atoms with E-state index in [9.17, 15) is 13.4 Å². The Balaban J connectivity index is 1.78. The number of nitrogens with one attached hydrogen (secondary N) is 1. The van der Waals surface area contributed by atoms with E-state index >= 15 is 0 Å². The second-order valence-corrected chi connectivity index (χ2v) is 10.2.